The summed E-state index contributed by atoms with van der Waals surface area (Å²) in [7, 11) is 0. The summed E-state index contributed by atoms with van der Waals surface area (Å²) in [5.41, 5.74) is 15.2. The van der Waals surface area contributed by atoms with Crippen LogP contribution < -0.4 is 11.5 Å². The second kappa shape index (κ2) is 9.60. The summed E-state index contributed by atoms with van der Waals surface area (Å²) in [6.07, 6.45) is 7.06. The van der Waals surface area contributed by atoms with Crippen molar-refractivity contribution in [3.05, 3.63) is 77.9 Å². The highest BCUT2D eigenvalue weighted by atomic mass is 16.5. The number of carbonyl (C=O) groups excluding carboxylic acids is 1. The third kappa shape index (κ3) is 5.61. The van der Waals surface area contributed by atoms with Gasteiger partial charge in [0.25, 0.3) is 0 Å². The van der Waals surface area contributed by atoms with Gasteiger partial charge in [0.15, 0.2) is 0 Å². The van der Waals surface area contributed by atoms with Crippen LogP contribution in [0, 0.1) is 0 Å². The predicted octanol–water partition coefficient (Wildman–Crippen LogP) is 4.97. The summed E-state index contributed by atoms with van der Waals surface area (Å²) in [4.78, 5) is 11.9. The molecule has 28 heavy (non-hydrogen) atoms. The van der Waals surface area contributed by atoms with Crippen LogP contribution >= 0.6 is 0 Å². The van der Waals surface area contributed by atoms with Crippen LogP contribution in [-0.4, -0.2) is 12.6 Å². The molecule has 0 aliphatic rings. The maximum atomic E-state index is 11.9. The van der Waals surface area contributed by atoms with E-state index in [1.807, 2.05) is 48.5 Å². The molecular formula is C24H26N2O2. The van der Waals surface area contributed by atoms with Gasteiger partial charge in [0.05, 0.1) is 6.61 Å². The Bertz CT molecular complexity index is 954. The van der Waals surface area contributed by atoms with Crippen molar-refractivity contribution in [2.45, 2.75) is 25.7 Å². The van der Waals surface area contributed by atoms with E-state index in [9.17, 15) is 4.79 Å². The minimum absolute atomic E-state index is 0.309. The molecule has 0 amide bonds. The number of benzene rings is 3. The molecule has 4 N–H and O–H groups in total. The fourth-order valence-corrected chi connectivity index (χ4v) is 3.27. The van der Waals surface area contributed by atoms with Crippen molar-refractivity contribution >= 4 is 34.2 Å². The Balaban J connectivity index is 1.39. The number of hydrogen-bond donors (Lipinski definition) is 2. The fraction of sp³-hybridized carbons (Fsp3) is 0.208. The zero-order valence-corrected chi connectivity index (χ0v) is 15.9. The zero-order chi connectivity index (χ0) is 19.8. The summed E-state index contributed by atoms with van der Waals surface area (Å²) < 4.78 is 5.30. The molecule has 0 atom stereocenters. The number of carbonyl (C=O) groups is 1. The molecular weight excluding hydrogens is 348 g/mol. The van der Waals surface area contributed by atoms with Gasteiger partial charge in [-0.1, -0.05) is 42.5 Å². The molecule has 0 aliphatic heterocycles. The molecule has 3 aromatic rings. The van der Waals surface area contributed by atoms with Crippen LogP contribution in [0.15, 0.2) is 66.7 Å². The standard InChI is InChI=1S/C24H26N2O2/c25-21-15-18(16-22(26)17-21)7-2-1-5-14-28-24(27)13-12-20-10-6-9-19-8-3-4-11-23(19)20/h3-4,6,8-13,15-17H,1-2,5,7,14,25-26H2. The van der Waals surface area contributed by atoms with Crippen molar-refractivity contribution in [2.24, 2.45) is 0 Å². The number of ether oxygens (including phenoxy) is 1. The van der Waals surface area contributed by atoms with Crippen LogP contribution in [0.2, 0.25) is 0 Å². The largest absolute Gasteiger partial charge is 0.463 e. The molecule has 0 fully saturated rings. The molecule has 0 heterocycles. The predicted molar refractivity (Wildman–Crippen MR) is 117 cm³/mol. The molecule has 0 radical (unpaired) electrons. The SMILES string of the molecule is Nc1cc(N)cc(CCCCCOC(=O)C=Cc2cccc3ccccc23)c1. The zero-order valence-electron chi connectivity index (χ0n) is 15.9. The van der Waals surface area contributed by atoms with Gasteiger partial charge in [-0.15, -0.1) is 0 Å². The minimum atomic E-state index is -0.309. The first kappa shape index (κ1) is 19.5. The summed E-state index contributed by atoms with van der Waals surface area (Å²) in [6, 6.07) is 19.8. The van der Waals surface area contributed by atoms with E-state index < -0.39 is 0 Å². The Morgan fingerprint density at radius 1 is 0.893 bits per heavy atom. The number of esters is 1. The highest BCUT2D eigenvalue weighted by Gasteiger charge is 2.01. The van der Waals surface area contributed by atoms with Gasteiger partial charge < -0.3 is 16.2 Å². The van der Waals surface area contributed by atoms with E-state index in [1.54, 1.807) is 6.07 Å². The molecule has 3 rings (SSSR count). The van der Waals surface area contributed by atoms with Gasteiger partial charge in [0.1, 0.15) is 0 Å². The lowest BCUT2D eigenvalue weighted by Gasteiger charge is -2.05. The van der Waals surface area contributed by atoms with Gasteiger partial charge in [0.2, 0.25) is 0 Å². The highest BCUT2D eigenvalue weighted by Crippen LogP contribution is 2.19. The van der Waals surface area contributed by atoms with E-state index in [0.717, 1.165) is 47.6 Å². The lowest BCUT2D eigenvalue weighted by molar-refractivity contribution is -0.137. The van der Waals surface area contributed by atoms with Crippen molar-refractivity contribution < 1.29 is 9.53 Å². The van der Waals surface area contributed by atoms with Crippen molar-refractivity contribution in [3.63, 3.8) is 0 Å². The first-order valence-corrected chi connectivity index (χ1v) is 9.59. The molecule has 4 heteroatoms. The maximum absolute atomic E-state index is 11.9. The van der Waals surface area contributed by atoms with E-state index in [0.29, 0.717) is 18.0 Å². The van der Waals surface area contributed by atoms with Crippen molar-refractivity contribution in [3.8, 4) is 0 Å². The van der Waals surface area contributed by atoms with Gasteiger partial charge >= 0.3 is 5.97 Å². The highest BCUT2D eigenvalue weighted by molar-refractivity contribution is 5.94. The summed E-state index contributed by atoms with van der Waals surface area (Å²) in [5.74, 6) is -0.309. The number of aryl methyl sites for hydroxylation is 1. The van der Waals surface area contributed by atoms with Crippen molar-refractivity contribution in [1.29, 1.82) is 0 Å². The Kier molecular flexibility index (Phi) is 6.68. The number of rotatable bonds is 8. The number of fused-ring (bicyclic) bond motifs is 1. The van der Waals surface area contributed by atoms with Crippen LogP contribution in [-0.2, 0) is 16.0 Å². The molecule has 3 aromatic carbocycles. The van der Waals surface area contributed by atoms with Crippen LogP contribution in [0.5, 0.6) is 0 Å². The first-order valence-electron chi connectivity index (χ1n) is 9.59. The maximum Gasteiger partial charge on any atom is 0.330 e. The average Bonchev–Trinajstić information content (AvgIpc) is 2.68. The number of unbranched alkanes of at least 4 members (excludes halogenated alkanes) is 2. The van der Waals surface area contributed by atoms with Crippen molar-refractivity contribution in [2.75, 3.05) is 18.1 Å². The van der Waals surface area contributed by atoms with Gasteiger partial charge in [0, 0.05) is 17.5 Å². The first-order chi connectivity index (χ1) is 13.6. The minimum Gasteiger partial charge on any atom is -0.463 e. The van der Waals surface area contributed by atoms with Crippen LogP contribution in [0.1, 0.15) is 30.4 Å². The Labute approximate surface area is 165 Å². The topological polar surface area (TPSA) is 78.3 Å². The van der Waals surface area contributed by atoms with Gasteiger partial charge in [-0.25, -0.2) is 4.79 Å². The van der Waals surface area contributed by atoms with Crippen molar-refractivity contribution in [1.82, 2.24) is 0 Å². The number of anilines is 2. The van der Waals surface area contributed by atoms with E-state index in [4.69, 9.17) is 16.2 Å². The molecule has 144 valence electrons. The normalized spacial score (nSPS) is 11.1. The lowest BCUT2D eigenvalue weighted by Crippen LogP contribution is -2.02. The molecule has 0 unspecified atom stereocenters. The molecule has 0 aliphatic carbocycles. The molecule has 0 spiro atoms. The van der Waals surface area contributed by atoms with Gasteiger partial charge in [-0.05, 0) is 71.9 Å². The third-order valence-corrected chi connectivity index (χ3v) is 4.61. The van der Waals surface area contributed by atoms with E-state index >= 15 is 0 Å². The van der Waals surface area contributed by atoms with E-state index in [-0.39, 0.29) is 5.97 Å². The molecule has 0 aromatic heterocycles. The lowest BCUT2D eigenvalue weighted by atomic mass is 10.0. The number of nitrogens with two attached hydrogens (primary N) is 2. The van der Waals surface area contributed by atoms with Gasteiger partial charge in [-0.3, -0.25) is 0 Å². The van der Waals surface area contributed by atoms with Crippen LogP contribution in [0.4, 0.5) is 11.4 Å². The fourth-order valence-electron chi connectivity index (χ4n) is 3.27. The Morgan fingerprint density at radius 2 is 1.64 bits per heavy atom. The van der Waals surface area contributed by atoms with Crippen LogP contribution in [0.25, 0.3) is 16.8 Å². The van der Waals surface area contributed by atoms with Gasteiger partial charge in [-0.2, -0.15) is 0 Å². The second-order valence-electron chi connectivity index (χ2n) is 6.89. The van der Waals surface area contributed by atoms with Crippen LogP contribution in [0.3, 0.4) is 0 Å². The number of nitrogen functional groups attached to an aromatic ring is 2. The molecule has 0 saturated heterocycles. The third-order valence-electron chi connectivity index (χ3n) is 4.61. The van der Waals surface area contributed by atoms with E-state index in [1.165, 1.54) is 6.08 Å². The summed E-state index contributed by atoms with van der Waals surface area (Å²) in [6.45, 7) is 0.428. The monoisotopic (exact) mass is 374 g/mol. The average molecular weight is 374 g/mol. The molecule has 4 nitrogen and oxygen atoms in total. The molecule has 0 saturated carbocycles. The number of hydrogen-bond acceptors (Lipinski definition) is 4. The Hall–Kier alpha value is -3.27. The summed E-state index contributed by atoms with van der Waals surface area (Å²) >= 11 is 0. The quantitative estimate of drug-likeness (QED) is 0.252. The Morgan fingerprint density at radius 3 is 2.46 bits per heavy atom. The summed E-state index contributed by atoms with van der Waals surface area (Å²) in [5, 5.41) is 2.27. The second-order valence-corrected chi connectivity index (χ2v) is 6.89. The smallest absolute Gasteiger partial charge is 0.330 e. The van der Waals surface area contributed by atoms with E-state index in [2.05, 4.69) is 12.1 Å². The molecule has 0 bridgehead atoms.